The zero-order valence-electron chi connectivity index (χ0n) is 14.4. The number of methoxy groups -OCH3 is 1. The highest BCUT2D eigenvalue weighted by atomic mass is 127. The van der Waals surface area contributed by atoms with E-state index in [1.54, 1.807) is 7.11 Å². The molecule has 0 spiro atoms. The second kappa shape index (κ2) is 12.0. The summed E-state index contributed by atoms with van der Waals surface area (Å²) in [6.07, 6.45) is 4.75. The van der Waals surface area contributed by atoms with Gasteiger partial charge in [0, 0.05) is 46.0 Å². The van der Waals surface area contributed by atoms with Crippen LogP contribution in [-0.2, 0) is 11.2 Å². The van der Waals surface area contributed by atoms with Gasteiger partial charge >= 0.3 is 0 Å². The maximum absolute atomic E-state index is 5.04. The van der Waals surface area contributed by atoms with Crippen LogP contribution in [0.1, 0.15) is 25.6 Å². The first-order valence-corrected chi connectivity index (χ1v) is 8.15. The zero-order valence-corrected chi connectivity index (χ0v) is 16.7. The Labute approximate surface area is 160 Å². The Bertz CT molecular complexity index is 615. The molecular weight excluding hydrogens is 419 g/mol. The number of fused-ring (bicyclic) bond motifs is 1. The van der Waals surface area contributed by atoms with Crippen molar-refractivity contribution in [3.05, 3.63) is 30.2 Å². The van der Waals surface area contributed by atoms with Gasteiger partial charge in [-0.3, -0.25) is 9.39 Å². The minimum Gasteiger partial charge on any atom is -0.385 e. The second-order valence-electron chi connectivity index (χ2n) is 5.18. The molecule has 2 heterocycles. The lowest BCUT2D eigenvalue weighted by Crippen LogP contribution is -2.38. The lowest BCUT2D eigenvalue weighted by molar-refractivity contribution is 0.195. The number of pyridine rings is 1. The molecule has 2 rings (SSSR count). The minimum atomic E-state index is 0. The van der Waals surface area contributed by atoms with Crippen molar-refractivity contribution >= 4 is 35.6 Å². The van der Waals surface area contributed by atoms with E-state index in [9.17, 15) is 0 Å². The van der Waals surface area contributed by atoms with Gasteiger partial charge in [0.05, 0.1) is 0 Å². The summed E-state index contributed by atoms with van der Waals surface area (Å²) in [6.45, 7) is 5.28. The minimum absolute atomic E-state index is 0. The highest BCUT2D eigenvalue weighted by molar-refractivity contribution is 14.0. The predicted molar refractivity (Wildman–Crippen MR) is 107 cm³/mol. The van der Waals surface area contributed by atoms with Crippen molar-refractivity contribution in [1.29, 1.82) is 0 Å². The molecule has 8 heteroatoms. The monoisotopic (exact) mass is 446 g/mol. The number of ether oxygens (including phenoxy) is 1. The number of nitrogens with one attached hydrogen (secondary N) is 2. The SMILES string of the molecule is CCNC(=NCCCc1nnc2ccccn12)NCCCOC.I. The Morgan fingerprint density at radius 1 is 1.25 bits per heavy atom. The molecule has 0 atom stereocenters. The van der Waals surface area contributed by atoms with Crippen molar-refractivity contribution in [3.63, 3.8) is 0 Å². The summed E-state index contributed by atoms with van der Waals surface area (Å²) >= 11 is 0. The quantitative estimate of drug-likeness (QED) is 0.266. The van der Waals surface area contributed by atoms with Gasteiger partial charge in [-0.2, -0.15) is 0 Å². The number of aromatic nitrogens is 3. The molecule has 2 N–H and O–H groups in total. The Balaban J connectivity index is 0.00000288. The van der Waals surface area contributed by atoms with Crippen LogP contribution in [0.3, 0.4) is 0 Å². The maximum Gasteiger partial charge on any atom is 0.191 e. The molecule has 0 radical (unpaired) electrons. The molecule has 134 valence electrons. The van der Waals surface area contributed by atoms with Gasteiger partial charge in [0.15, 0.2) is 11.6 Å². The molecule has 0 saturated carbocycles. The first-order valence-electron chi connectivity index (χ1n) is 8.15. The normalized spacial score (nSPS) is 11.3. The summed E-state index contributed by atoms with van der Waals surface area (Å²) in [6, 6.07) is 5.92. The van der Waals surface area contributed by atoms with Crippen LogP contribution in [0.2, 0.25) is 0 Å². The van der Waals surface area contributed by atoms with E-state index in [2.05, 4.69) is 32.7 Å². The average molecular weight is 446 g/mol. The van der Waals surface area contributed by atoms with Gasteiger partial charge in [0.1, 0.15) is 5.82 Å². The van der Waals surface area contributed by atoms with E-state index in [4.69, 9.17) is 4.74 Å². The van der Waals surface area contributed by atoms with Crippen LogP contribution >= 0.6 is 24.0 Å². The van der Waals surface area contributed by atoms with E-state index in [-0.39, 0.29) is 24.0 Å². The Kier molecular flexibility index (Phi) is 10.3. The van der Waals surface area contributed by atoms with Crippen LogP contribution in [0.15, 0.2) is 29.4 Å². The molecule has 0 saturated heterocycles. The lowest BCUT2D eigenvalue weighted by atomic mass is 10.3. The number of aliphatic imine (C=N–C) groups is 1. The largest absolute Gasteiger partial charge is 0.385 e. The molecule has 0 bridgehead atoms. The van der Waals surface area contributed by atoms with Gasteiger partial charge in [-0.1, -0.05) is 6.07 Å². The summed E-state index contributed by atoms with van der Waals surface area (Å²) < 4.78 is 7.07. The molecule has 2 aromatic rings. The van der Waals surface area contributed by atoms with Gasteiger partial charge in [0.25, 0.3) is 0 Å². The van der Waals surface area contributed by atoms with E-state index in [1.807, 2.05) is 28.8 Å². The van der Waals surface area contributed by atoms with E-state index in [0.717, 1.165) is 62.9 Å². The highest BCUT2D eigenvalue weighted by Gasteiger charge is 2.03. The summed E-state index contributed by atoms with van der Waals surface area (Å²) in [5, 5.41) is 15.0. The molecule has 0 amide bonds. The molecule has 7 nitrogen and oxygen atoms in total. The third-order valence-electron chi connectivity index (χ3n) is 3.37. The Hall–Kier alpha value is -1.42. The Morgan fingerprint density at radius 3 is 2.92 bits per heavy atom. The van der Waals surface area contributed by atoms with E-state index in [0.29, 0.717) is 0 Å². The number of rotatable bonds is 9. The van der Waals surface area contributed by atoms with E-state index in [1.165, 1.54) is 0 Å². The molecule has 24 heavy (non-hydrogen) atoms. The maximum atomic E-state index is 5.04. The number of hydrogen-bond donors (Lipinski definition) is 2. The molecule has 0 aliphatic heterocycles. The summed E-state index contributed by atoms with van der Waals surface area (Å²) in [5.41, 5.74) is 0.888. The molecule has 0 aliphatic rings. The lowest BCUT2D eigenvalue weighted by Gasteiger charge is -2.10. The van der Waals surface area contributed by atoms with Gasteiger partial charge in [-0.25, -0.2) is 0 Å². The standard InChI is InChI=1S/C16H26N6O.HI/c1-3-17-16(19-11-7-13-23-2)18-10-6-9-15-21-20-14-8-4-5-12-22(14)15;/h4-5,8,12H,3,6-7,9-11,13H2,1-2H3,(H2,17,18,19);1H. The smallest absolute Gasteiger partial charge is 0.191 e. The molecule has 0 aromatic carbocycles. The summed E-state index contributed by atoms with van der Waals surface area (Å²) in [5.74, 6) is 1.84. The topological polar surface area (TPSA) is 75.8 Å². The number of hydrogen-bond acceptors (Lipinski definition) is 4. The molecule has 2 aromatic heterocycles. The van der Waals surface area contributed by atoms with Crippen molar-refractivity contribution in [1.82, 2.24) is 25.2 Å². The van der Waals surface area contributed by atoms with E-state index >= 15 is 0 Å². The fourth-order valence-electron chi connectivity index (χ4n) is 2.25. The molecule has 0 aliphatic carbocycles. The predicted octanol–water partition coefficient (Wildman–Crippen LogP) is 1.87. The van der Waals surface area contributed by atoms with Gasteiger partial charge in [-0.15, -0.1) is 34.2 Å². The fourth-order valence-corrected chi connectivity index (χ4v) is 2.25. The highest BCUT2D eigenvalue weighted by Crippen LogP contribution is 2.05. The number of aryl methyl sites for hydroxylation is 1. The van der Waals surface area contributed by atoms with Crippen molar-refractivity contribution in [3.8, 4) is 0 Å². The second-order valence-corrected chi connectivity index (χ2v) is 5.18. The van der Waals surface area contributed by atoms with Crippen molar-refractivity contribution in [2.45, 2.75) is 26.2 Å². The first-order chi connectivity index (χ1) is 11.3. The third kappa shape index (κ3) is 6.60. The van der Waals surface area contributed by atoms with Crippen LogP contribution < -0.4 is 10.6 Å². The number of guanidine groups is 1. The third-order valence-corrected chi connectivity index (χ3v) is 3.37. The summed E-state index contributed by atoms with van der Waals surface area (Å²) in [7, 11) is 1.72. The summed E-state index contributed by atoms with van der Waals surface area (Å²) in [4.78, 5) is 4.59. The van der Waals surface area contributed by atoms with Crippen LogP contribution in [0, 0.1) is 0 Å². The van der Waals surface area contributed by atoms with Crippen LogP contribution in [-0.4, -0.2) is 53.9 Å². The van der Waals surface area contributed by atoms with Crippen LogP contribution in [0.4, 0.5) is 0 Å². The number of halogens is 1. The van der Waals surface area contributed by atoms with Gasteiger partial charge in [0.2, 0.25) is 0 Å². The van der Waals surface area contributed by atoms with Crippen molar-refractivity contribution in [2.24, 2.45) is 4.99 Å². The first kappa shape index (κ1) is 20.6. The van der Waals surface area contributed by atoms with Crippen molar-refractivity contribution in [2.75, 3.05) is 33.4 Å². The molecule has 0 fully saturated rings. The van der Waals surface area contributed by atoms with Crippen molar-refractivity contribution < 1.29 is 4.74 Å². The average Bonchev–Trinajstić information content (AvgIpc) is 2.98. The zero-order chi connectivity index (χ0) is 16.3. The van der Waals surface area contributed by atoms with Gasteiger partial charge in [-0.05, 0) is 31.9 Å². The van der Waals surface area contributed by atoms with Gasteiger partial charge < -0.3 is 15.4 Å². The van der Waals surface area contributed by atoms with Crippen LogP contribution in [0.5, 0.6) is 0 Å². The number of nitrogens with zero attached hydrogens (tertiary/aromatic N) is 4. The van der Waals surface area contributed by atoms with E-state index < -0.39 is 0 Å². The fraction of sp³-hybridized carbons (Fsp3) is 0.562. The Morgan fingerprint density at radius 2 is 2.12 bits per heavy atom. The van der Waals surface area contributed by atoms with Crippen LogP contribution in [0.25, 0.3) is 5.65 Å². The molecule has 0 unspecified atom stereocenters. The molecular formula is C16H27IN6O.